The summed E-state index contributed by atoms with van der Waals surface area (Å²) in [6.07, 6.45) is -2.61. The summed E-state index contributed by atoms with van der Waals surface area (Å²) in [5.74, 6) is -3.63. The second-order valence-electron chi connectivity index (χ2n) is 18.4. The van der Waals surface area contributed by atoms with Gasteiger partial charge in [0.2, 0.25) is 5.91 Å². The zero-order valence-corrected chi connectivity index (χ0v) is 41.4. The predicted octanol–water partition coefficient (Wildman–Crippen LogP) is 3.99. The Balaban J connectivity index is 1.53. The molecule has 3 heterocycles. The number of amides is 3. The van der Waals surface area contributed by atoms with Crippen molar-refractivity contribution < 1.29 is 80.9 Å². The summed E-state index contributed by atoms with van der Waals surface area (Å²) in [5, 5.41) is 5.38. The Kier molecular flexibility index (Phi) is 21.0. The molecule has 9 atom stereocenters. The molecule has 3 fully saturated rings. The van der Waals surface area contributed by atoms with Crippen molar-refractivity contribution in [3.63, 3.8) is 0 Å². The van der Waals surface area contributed by atoms with Gasteiger partial charge in [-0.2, -0.15) is 0 Å². The zero-order chi connectivity index (χ0) is 51.1. The van der Waals surface area contributed by atoms with Crippen LogP contribution in [0.4, 0.5) is 4.79 Å². The van der Waals surface area contributed by atoms with Crippen LogP contribution >= 0.6 is 0 Å². The number of methoxy groups -OCH3 is 1. The van der Waals surface area contributed by atoms with Gasteiger partial charge in [-0.05, 0) is 77.1 Å². The molecule has 0 aromatic heterocycles. The van der Waals surface area contributed by atoms with Gasteiger partial charge in [-0.25, -0.2) is 9.59 Å². The minimum Gasteiger partial charge on any atom is -0.491 e. The molecule has 0 bridgehead atoms. The van der Waals surface area contributed by atoms with Gasteiger partial charge in [-0.3, -0.25) is 24.0 Å². The first kappa shape index (κ1) is 56.0. The van der Waals surface area contributed by atoms with Gasteiger partial charge in [-0.15, -0.1) is 13.2 Å². The summed E-state index contributed by atoms with van der Waals surface area (Å²) in [7, 11) is 1.12. The molecule has 3 amide bonds. The van der Waals surface area contributed by atoms with Crippen molar-refractivity contribution in [1.29, 1.82) is 0 Å². The lowest BCUT2D eigenvalue weighted by molar-refractivity contribution is -0.238. The lowest BCUT2D eigenvalue weighted by Crippen LogP contribution is -2.69. The number of benzene rings is 1. The van der Waals surface area contributed by atoms with E-state index in [0.29, 0.717) is 56.3 Å². The smallest absolute Gasteiger partial charge is 0.408 e. The molecule has 2 N–H and O–H groups in total. The lowest BCUT2D eigenvalue weighted by Gasteiger charge is -2.49. The molecule has 0 radical (unpaired) electrons. The SMILES string of the molecule is C=CCOC[C@H]1C[C@@H](OCCOc2c(C)cc(C(=O)NC[C@@H](OC(C)=O)[C@@H](OC(C)=O)[C@@H]3O[C@@](CC=C)(C(=O)OC)C[C@H](OC(C)=O)[C@H]3NC(=O)OC(C)(C)C)cc2C)CN1C(=O)C1CCCOC1. The second kappa shape index (κ2) is 25.9. The fraction of sp³-hybridized carbons (Fsp3) is 0.653. The number of hydrogen-bond donors (Lipinski definition) is 2. The number of ether oxygens (including phenoxy) is 10. The molecule has 20 heteroatoms. The first-order chi connectivity index (χ1) is 32.6. The number of carbonyl (C=O) groups excluding carboxylic acids is 7. The Morgan fingerprint density at radius 1 is 0.971 bits per heavy atom. The van der Waals surface area contributed by atoms with Crippen LogP contribution in [0.1, 0.15) is 95.1 Å². The predicted molar refractivity (Wildman–Crippen MR) is 247 cm³/mol. The summed E-state index contributed by atoms with van der Waals surface area (Å²) < 4.78 is 57.9. The highest BCUT2D eigenvalue weighted by Crippen LogP contribution is 2.39. The average molecular weight is 974 g/mol. The van der Waals surface area contributed by atoms with E-state index < -0.39 is 84.1 Å². The van der Waals surface area contributed by atoms with Crippen LogP contribution in [-0.4, -0.2) is 160 Å². The number of likely N-dealkylation sites (tertiary alicyclic amines) is 1. The van der Waals surface area contributed by atoms with Crippen LogP contribution in [0.3, 0.4) is 0 Å². The van der Waals surface area contributed by atoms with Gasteiger partial charge in [0, 0.05) is 52.3 Å². The Labute approximate surface area is 404 Å². The number of aryl methyl sites for hydroxylation is 2. The third-order valence-electron chi connectivity index (χ3n) is 11.6. The summed E-state index contributed by atoms with van der Waals surface area (Å²) in [5.41, 5.74) is -1.42. The molecule has 1 aromatic carbocycles. The maximum Gasteiger partial charge on any atom is 0.408 e. The first-order valence-electron chi connectivity index (χ1n) is 23.2. The van der Waals surface area contributed by atoms with Crippen molar-refractivity contribution in [1.82, 2.24) is 15.5 Å². The lowest BCUT2D eigenvalue weighted by atomic mass is 9.81. The van der Waals surface area contributed by atoms with Gasteiger partial charge in [0.25, 0.3) is 5.91 Å². The minimum absolute atomic E-state index is 0.0468. The zero-order valence-electron chi connectivity index (χ0n) is 41.4. The standard InChI is InChI=1S/C49H71N3O17/c1-12-16-49(46(58)60-11)24-38(65-31(5)53)40(51-47(59)69-48(8,9)10)43(68-49)42(67-33(7)55)39(66-32(6)54)25-50-44(56)35-21-29(3)41(30(4)22-35)64-20-19-63-37-23-36(28-61-17-13-2)52(26-37)45(57)34-15-14-18-62-27-34/h12-13,21-22,34,36-40,42-43H,1-2,14-20,23-28H2,3-11H3,(H,50,56)(H,51,59)/t34?,36-,37-,38+,39-,40-,42-,43-,49-/m1/s1. The molecule has 4 rings (SSSR count). The number of hydrogen-bond acceptors (Lipinski definition) is 17. The highest BCUT2D eigenvalue weighted by atomic mass is 16.6. The van der Waals surface area contributed by atoms with E-state index >= 15 is 0 Å². The number of nitrogens with zero attached hydrogens (tertiary/aromatic N) is 1. The van der Waals surface area contributed by atoms with E-state index in [9.17, 15) is 33.6 Å². The van der Waals surface area contributed by atoms with E-state index in [4.69, 9.17) is 47.4 Å². The van der Waals surface area contributed by atoms with Crippen molar-refractivity contribution in [2.75, 3.05) is 59.8 Å². The van der Waals surface area contributed by atoms with Crippen molar-refractivity contribution in [2.24, 2.45) is 5.92 Å². The van der Waals surface area contributed by atoms with Crippen LogP contribution in [0.25, 0.3) is 0 Å². The number of carbonyl (C=O) groups is 7. The Morgan fingerprint density at radius 2 is 1.67 bits per heavy atom. The third kappa shape index (κ3) is 16.3. The van der Waals surface area contributed by atoms with Crippen molar-refractivity contribution in [3.8, 4) is 5.75 Å². The van der Waals surface area contributed by atoms with E-state index in [1.54, 1.807) is 52.8 Å². The maximum absolute atomic E-state index is 13.9. The van der Waals surface area contributed by atoms with Crippen molar-refractivity contribution >= 4 is 41.8 Å². The van der Waals surface area contributed by atoms with E-state index in [2.05, 4.69) is 23.8 Å². The second-order valence-corrected chi connectivity index (χ2v) is 18.4. The maximum atomic E-state index is 13.9. The fourth-order valence-corrected chi connectivity index (χ4v) is 8.86. The molecule has 384 valence electrons. The van der Waals surface area contributed by atoms with Crippen LogP contribution in [0.5, 0.6) is 5.75 Å². The number of alkyl carbamates (subject to hydrolysis) is 1. The van der Waals surface area contributed by atoms with Crippen LogP contribution in [0, 0.1) is 19.8 Å². The Bertz CT molecular complexity index is 1970. The fourth-order valence-electron chi connectivity index (χ4n) is 8.86. The summed E-state index contributed by atoms with van der Waals surface area (Å²) >= 11 is 0. The van der Waals surface area contributed by atoms with E-state index in [-0.39, 0.29) is 55.6 Å². The molecule has 3 aliphatic rings. The molecule has 20 nitrogen and oxygen atoms in total. The van der Waals surface area contributed by atoms with Gasteiger partial charge in [-0.1, -0.05) is 12.2 Å². The summed E-state index contributed by atoms with van der Waals surface area (Å²) in [4.78, 5) is 94.2. The van der Waals surface area contributed by atoms with Gasteiger partial charge < -0.3 is 62.9 Å². The first-order valence-corrected chi connectivity index (χ1v) is 23.2. The third-order valence-corrected chi connectivity index (χ3v) is 11.6. The van der Waals surface area contributed by atoms with Crippen molar-refractivity contribution in [3.05, 3.63) is 54.1 Å². The van der Waals surface area contributed by atoms with E-state index in [1.165, 1.54) is 6.08 Å². The van der Waals surface area contributed by atoms with E-state index in [1.807, 2.05) is 4.90 Å². The van der Waals surface area contributed by atoms with Crippen LogP contribution in [-0.2, 0) is 66.6 Å². The molecule has 1 aromatic rings. The topological polar surface area (TPSA) is 239 Å². The van der Waals surface area contributed by atoms with Gasteiger partial charge in [0.15, 0.2) is 17.8 Å². The molecule has 69 heavy (non-hydrogen) atoms. The van der Waals surface area contributed by atoms with Crippen molar-refractivity contribution in [2.45, 2.75) is 141 Å². The van der Waals surface area contributed by atoms with Crippen LogP contribution in [0.2, 0.25) is 0 Å². The molecular weight excluding hydrogens is 903 g/mol. The Hall–Kier alpha value is -5.57. The molecule has 1 unspecified atom stereocenters. The number of esters is 4. The number of rotatable bonds is 22. The Morgan fingerprint density at radius 3 is 2.25 bits per heavy atom. The average Bonchev–Trinajstić information content (AvgIpc) is 3.68. The monoisotopic (exact) mass is 973 g/mol. The molecule has 0 aliphatic carbocycles. The largest absolute Gasteiger partial charge is 0.491 e. The summed E-state index contributed by atoms with van der Waals surface area (Å²) in [6, 6.07) is 1.68. The van der Waals surface area contributed by atoms with Gasteiger partial charge in [0.1, 0.15) is 30.2 Å². The summed E-state index contributed by atoms with van der Waals surface area (Å²) in [6.45, 7) is 21.3. The molecular formula is C49H71N3O17. The van der Waals surface area contributed by atoms with Gasteiger partial charge >= 0.3 is 30.0 Å². The highest BCUT2D eigenvalue weighted by Gasteiger charge is 2.58. The van der Waals surface area contributed by atoms with Crippen LogP contribution in [0.15, 0.2) is 37.4 Å². The highest BCUT2D eigenvalue weighted by molar-refractivity contribution is 5.95. The van der Waals surface area contributed by atoms with Gasteiger partial charge in [0.05, 0.1) is 64.2 Å². The molecule has 3 saturated heterocycles. The minimum atomic E-state index is -1.91. The molecule has 0 spiro atoms. The molecule has 0 saturated carbocycles. The molecule has 3 aliphatic heterocycles. The quantitative estimate of drug-likeness (QED) is 0.0723. The number of nitrogens with one attached hydrogen (secondary N) is 2. The van der Waals surface area contributed by atoms with E-state index in [0.717, 1.165) is 40.7 Å². The van der Waals surface area contributed by atoms with Crippen LogP contribution < -0.4 is 15.4 Å². The normalized spacial score (nSPS) is 24.4.